The summed E-state index contributed by atoms with van der Waals surface area (Å²) < 4.78 is 5.22. The summed E-state index contributed by atoms with van der Waals surface area (Å²) in [6.45, 7) is 6.60. The summed E-state index contributed by atoms with van der Waals surface area (Å²) in [5.41, 5.74) is 10.9. The summed E-state index contributed by atoms with van der Waals surface area (Å²) in [5, 5.41) is 0. The van der Waals surface area contributed by atoms with Crippen LogP contribution in [-0.4, -0.2) is 24.5 Å². The number of carbonyl (C=O) groups is 2. The number of primary amides is 1. The van der Waals surface area contributed by atoms with Crippen molar-refractivity contribution < 1.29 is 14.3 Å². The Hall–Kier alpha value is -1.10. The smallest absolute Gasteiger partial charge is 0.308 e. The normalized spacial score (nSPS) is 24.7. The lowest BCUT2D eigenvalue weighted by molar-refractivity contribution is -0.151. The van der Waals surface area contributed by atoms with Crippen LogP contribution >= 0.6 is 0 Å². The predicted molar refractivity (Wildman–Crippen MR) is 77.6 cm³/mol. The van der Waals surface area contributed by atoms with Crippen LogP contribution in [-0.2, 0) is 14.3 Å². The molecule has 1 saturated carbocycles. The number of ether oxygens (including phenoxy) is 1. The molecule has 0 aromatic rings. The van der Waals surface area contributed by atoms with Gasteiger partial charge in [-0.15, -0.1) is 0 Å². The molecule has 5 heteroatoms. The van der Waals surface area contributed by atoms with Crippen molar-refractivity contribution in [1.29, 1.82) is 0 Å². The fourth-order valence-electron chi connectivity index (χ4n) is 2.94. The highest BCUT2D eigenvalue weighted by Gasteiger charge is 2.34. The zero-order valence-corrected chi connectivity index (χ0v) is 12.9. The Bertz CT molecular complexity index is 355. The number of nitrogens with two attached hydrogens (primary N) is 2. The molecule has 0 bridgehead atoms. The van der Waals surface area contributed by atoms with Gasteiger partial charge in [0, 0.05) is 6.42 Å². The zero-order valence-electron chi connectivity index (χ0n) is 12.9. The topological polar surface area (TPSA) is 95.4 Å². The van der Waals surface area contributed by atoms with E-state index in [9.17, 15) is 9.59 Å². The van der Waals surface area contributed by atoms with Crippen LogP contribution in [0.15, 0.2) is 0 Å². The van der Waals surface area contributed by atoms with Crippen LogP contribution in [0.5, 0.6) is 0 Å². The van der Waals surface area contributed by atoms with Gasteiger partial charge in [0.2, 0.25) is 5.91 Å². The monoisotopic (exact) mass is 284 g/mol. The van der Waals surface area contributed by atoms with E-state index in [0.29, 0.717) is 11.3 Å². The molecule has 3 unspecified atom stereocenters. The van der Waals surface area contributed by atoms with Crippen molar-refractivity contribution >= 4 is 11.9 Å². The van der Waals surface area contributed by atoms with Gasteiger partial charge in [0.1, 0.15) is 0 Å². The second-order valence-electron chi connectivity index (χ2n) is 6.77. The Morgan fingerprint density at radius 3 is 2.60 bits per heavy atom. The van der Waals surface area contributed by atoms with E-state index in [4.69, 9.17) is 16.2 Å². The lowest BCUT2D eigenvalue weighted by atomic mass is 9.68. The van der Waals surface area contributed by atoms with Crippen molar-refractivity contribution in [2.24, 2.45) is 28.7 Å². The molecule has 1 fully saturated rings. The van der Waals surface area contributed by atoms with Crippen LogP contribution in [0.1, 0.15) is 52.9 Å². The first-order valence-corrected chi connectivity index (χ1v) is 7.44. The van der Waals surface area contributed by atoms with Gasteiger partial charge in [0.05, 0.1) is 18.6 Å². The Balaban J connectivity index is 2.37. The molecule has 116 valence electrons. The van der Waals surface area contributed by atoms with Gasteiger partial charge in [-0.1, -0.05) is 27.2 Å². The molecular weight excluding hydrogens is 256 g/mol. The third-order valence-electron chi connectivity index (χ3n) is 4.36. The van der Waals surface area contributed by atoms with Gasteiger partial charge in [0.15, 0.2) is 0 Å². The fraction of sp³-hybridized carbons (Fsp3) is 0.867. The number of esters is 1. The van der Waals surface area contributed by atoms with Crippen LogP contribution in [0.25, 0.3) is 0 Å². The summed E-state index contributed by atoms with van der Waals surface area (Å²) in [6.07, 6.45) is 4.81. The minimum absolute atomic E-state index is 0.0978. The number of rotatable bonds is 6. The Morgan fingerprint density at radius 1 is 1.40 bits per heavy atom. The minimum Gasteiger partial charge on any atom is -0.465 e. The molecule has 0 aliphatic heterocycles. The fourth-order valence-corrected chi connectivity index (χ4v) is 2.94. The third kappa shape index (κ3) is 5.12. The van der Waals surface area contributed by atoms with Crippen molar-refractivity contribution in [3.8, 4) is 0 Å². The van der Waals surface area contributed by atoms with E-state index in [1.54, 1.807) is 0 Å². The molecule has 1 amide bonds. The van der Waals surface area contributed by atoms with Crippen molar-refractivity contribution in [2.45, 2.75) is 58.9 Å². The molecule has 1 aliphatic rings. The Kier molecular flexibility index (Phi) is 5.99. The SMILES string of the molecule is CC(C(=O)OCCC(N)C(N)=O)C1CCCC(C)(C)C1. The quantitative estimate of drug-likeness (QED) is 0.724. The van der Waals surface area contributed by atoms with Gasteiger partial charge in [-0.3, -0.25) is 9.59 Å². The molecule has 5 nitrogen and oxygen atoms in total. The van der Waals surface area contributed by atoms with E-state index >= 15 is 0 Å². The maximum atomic E-state index is 12.0. The van der Waals surface area contributed by atoms with Crippen LogP contribution in [0, 0.1) is 17.3 Å². The number of hydrogen-bond acceptors (Lipinski definition) is 4. The highest BCUT2D eigenvalue weighted by atomic mass is 16.5. The highest BCUT2D eigenvalue weighted by Crippen LogP contribution is 2.41. The average molecular weight is 284 g/mol. The summed E-state index contributed by atoms with van der Waals surface area (Å²) in [5.74, 6) is -0.470. The van der Waals surface area contributed by atoms with Crippen LogP contribution in [0.3, 0.4) is 0 Å². The minimum atomic E-state index is -0.744. The molecular formula is C15H28N2O3. The molecule has 0 saturated heterocycles. The average Bonchev–Trinajstić information content (AvgIpc) is 2.36. The Morgan fingerprint density at radius 2 is 2.05 bits per heavy atom. The summed E-state index contributed by atoms with van der Waals surface area (Å²) in [6, 6.07) is -0.744. The standard InChI is InChI=1S/C15H28N2O3/c1-10(11-5-4-7-15(2,3)9-11)14(19)20-8-6-12(16)13(17)18/h10-12H,4-9,16H2,1-3H3,(H2,17,18). The molecule has 0 spiro atoms. The largest absolute Gasteiger partial charge is 0.465 e. The molecule has 3 atom stereocenters. The van der Waals surface area contributed by atoms with E-state index in [0.717, 1.165) is 12.8 Å². The number of carbonyl (C=O) groups excluding carboxylic acids is 2. The van der Waals surface area contributed by atoms with E-state index < -0.39 is 11.9 Å². The molecule has 0 aromatic heterocycles. The van der Waals surface area contributed by atoms with Gasteiger partial charge in [-0.25, -0.2) is 0 Å². The molecule has 0 heterocycles. The maximum Gasteiger partial charge on any atom is 0.308 e. The van der Waals surface area contributed by atoms with E-state index in [1.165, 1.54) is 12.8 Å². The molecule has 20 heavy (non-hydrogen) atoms. The first kappa shape index (κ1) is 17.0. The second kappa shape index (κ2) is 7.07. The summed E-state index contributed by atoms with van der Waals surface area (Å²) in [7, 11) is 0. The second-order valence-corrected chi connectivity index (χ2v) is 6.77. The molecule has 4 N–H and O–H groups in total. The number of amides is 1. The lowest BCUT2D eigenvalue weighted by Crippen LogP contribution is -2.38. The van der Waals surface area contributed by atoms with Crippen molar-refractivity contribution in [1.82, 2.24) is 0 Å². The van der Waals surface area contributed by atoms with Crippen LogP contribution in [0.4, 0.5) is 0 Å². The molecule has 1 rings (SSSR count). The van der Waals surface area contributed by atoms with Gasteiger partial charge in [0.25, 0.3) is 0 Å². The predicted octanol–water partition coefficient (Wildman–Crippen LogP) is 1.58. The van der Waals surface area contributed by atoms with Crippen molar-refractivity contribution in [3.63, 3.8) is 0 Å². The summed E-state index contributed by atoms with van der Waals surface area (Å²) >= 11 is 0. The van der Waals surface area contributed by atoms with Gasteiger partial charge in [-0.05, 0) is 30.6 Å². The molecule has 0 aromatic carbocycles. The van der Waals surface area contributed by atoms with Crippen molar-refractivity contribution in [3.05, 3.63) is 0 Å². The van der Waals surface area contributed by atoms with Crippen LogP contribution in [0.2, 0.25) is 0 Å². The lowest BCUT2D eigenvalue weighted by Gasteiger charge is -2.37. The third-order valence-corrected chi connectivity index (χ3v) is 4.36. The summed E-state index contributed by atoms with van der Waals surface area (Å²) in [4.78, 5) is 22.8. The Labute approximate surface area is 121 Å². The van der Waals surface area contributed by atoms with E-state index in [-0.39, 0.29) is 24.9 Å². The zero-order chi connectivity index (χ0) is 15.3. The van der Waals surface area contributed by atoms with Gasteiger partial charge in [-0.2, -0.15) is 0 Å². The van der Waals surface area contributed by atoms with Gasteiger partial charge >= 0.3 is 5.97 Å². The first-order chi connectivity index (χ1) is 9.23. The maximum absolute atomic E-state index is 12.0. The first-order valence-electron chi connectivity index (χ1n) is 7.44. The van der Waals surface area contributed by atoms with E-state index in [1.807, 2.05) is 6.92 Å². The number of hydrogen-bond donors (Lipinski definition) is 2. The highest BCUT2D eigenvalue weighted by molar-refractivity contribution is 5.79. The molecule has 0 radical (unpaired) electrons. The van der Waals surface area contributed by atoms with Crippen molar-refractivity contribution in [2.75, 3.05) is 6.61 Å². The molecule has 1 aliphatic carbocycles. The van der Waals surface area contributed by atoms with Gasteiger partial charge < -0.3 is 16.2 Å². The van der Waals surface area contributed by atoms with Crippen LogP contribution < -0.4 is 11.5 Å². The van der Waals surface area contributed by atoms with E-state index in [2.05, 4.69) is 13.8 Å².